The topological polar surface area (TPSA) is 67.4 Å². The van der Waals surface area contributed by atoms with Gasteiger partial charge in [-0.2, -0.15) is 0 Å². The fourth-order valence-electron chi connectivity index (χ4n) is 2.24. The summed E-state index contributed by atoms with van der Waals surface area (Å²) >= 11 is 5.78. The van der Waals surface area contributed by atoms with Crippen molar-refractivity contribution in [3.63, 3.8) is 0 Å². The average molecular weight is 383 g/mol. The highest BCUT2D eigenvalue weighted by Gasteiger charge is 2.12. The Kier molecular flexibility index (Phi) is 7.71. The largest absolute Gasteiger partial charge is 0.492 e. The monoisotopic (exact) mass is 382 g/mol. The van der Waals surface area contributed by atoms with Gasteiger partial charge in [-0.3, -0.25) is 0 Å². The highest BCUT2D eigenvalue weighted by atomic mass is 35.5. The van der Waals surface area contributed by atoms with Gasteiger partial charge in [0.15, 0.2) is 0 Å². The molecule has 2 N–H and O–H groups in total. The third-order valence-corrected chi connectivity index (χ3v) is 5.25. The lowest BCUT2D eigenvalue weighted by molar-refractivity contribution is 0.315. The Labute approximate surface area is 154 Å². The zero-order valence-electron chi connectivity index (χ0n) is 14.2. The van der Waals surface area contributed by atoms with Gasteiger partial charge in [-0.25, -0.2) is 13.1 Å². The van der Waals surface area contributed by atoms with Crippen LogP contribution in [0, 0.1) is 0 Å². The van der Waals surface area contributed by atoms with Crippen LogP contribution < -0.4 is 14.8 Å². The van der Waals surface area contributed by atoms with E-state index in [0.29, 0.717) is 24.6 Å². The molecule has 2 aromatic rings. The van der Waals surface area contributed by atoms with Crippen LogP contribution >= 0.6 is 11.6 Å². The predicted octanol–water partition coefficient (Wildman–Crippen LogP) is 2.85. The van der Waals surface area contributed by atoms with Gasteiger partial charge in [-0.1, -0.05) is 30.7 Å². The third kappa shape index (κ3) is 6.66. The molecule has 0 aliphatic heterocycles. The molecule has 0 spiro atoms. The van der Waals surface area contributed by atoms with Crippen molar-refractivity contribution in [1.82, 2.24) is 10.0 Å². The van der Waals surface area contributed by atoms with Crippen molar-refractivity contribution in [3.8, 4) is 5.75 Å². The molecule has 0 fully saturated rings. The lowest BCUT2D eigenvalue weighted by Gasteiger charge is -2.09. The standard InChI is InChI=1S/C18H23ClN2O3S/c1-2-20-12-13-24-17-5-3-4-15(14-17)10-11-21-25(22,23)18-8-6-16(19)7-9-18/h3-9,14,20-21H,2,10-13H2,1H3. The normalized spacial score (nSPS) is 11.4. The van der Waals surface area contributed by atoms with Crippen molar-refractivity contribution in [1.29, 1.82) is 0 Å². The van der Waals surface area contributed by atoms with E-state index in [1.807, 2.05) is 31.2 Å². The van der Waals surface area contributed by atoms with Crippen molar-refractivity contribution in [2.75, 3.05) is 26.2 Å². The Hall–Kier alpha value is -1.60. The summed E-state index contributed by atoms with van der Waals surface area (Å²) in [5.74, 6) is 0.788. The summed E-state index contributed by atoms with van der Waals surface area (Å²) in [6, 6.07) is 13.8. The molecule has 0 amide bonds. The first-order valence-electron chi connectivity index (χ1n) is 8.19. The number of halogens is 1. The molecule has 0 radical (unpaired) electrons. The van der Waals surface area contributed by atoms with Crippen molar-refractivity contribution in [2.45, 2.75) is 18.2 Å². The summed E-state index contributed by atoms with van der Waals surface area (Å²) in [7, 11) is -3.53. The predicted molar refractivity (Wildman–Crippen MR) is 101 cm³/mol. The van der Waals surface area contributed by atoms with Gasteiger partial charge in [0, 0.05) is 18.1 Å². The molecule has 7 heteroatoms. The minimum atomic E-state index is -3.53. The second kappa shape index (κ2) is 9.77. The Balaban J connectivity index is 1.85. The number of likely N-dealkylation sites (N-methyl/N-ethyl adjacent to an activating group) is 1. The Bertz CT molecular complexity index is 764. The molecule has 0 bridgehead atoms. The van der Waals surface area contributed by atoms with E-state index in [0.717, 1.165) is 24.4 Å². The lowest BCUT2D eigenvalue weighted by atomic mass is 10.1. The van der Waals surface area contributed by atoms with Crippen LogP contribution in [0.4, 0.5) is 0 Å². The van der Waals surface area contributed by atoms with Crippen LogP contribution in [0.1, 0.15) is 12.5 Å². The average Bonchev–Trinajstić information content (AvgIpc) is 2.59. The van der Waals surface area contributed by atoms with Gasteiger partial charge in [-0.05, 0) is 54.9 Å². The Morgan fingerprint density at radius 2 is 1.84 bits per heavy atom. The van der Waals surface area contributed by atoms with E-state index >= 15 is 0 Å². The maximum absolute atomic E-state index is 12.2. The number of nitrogens with one attached hydrogen (secondary N) is 2. The summed E-state index contributed by atoms with van der Waals surface area (Å²) in [5, 5.41) is 3.70. The molecule has 0 atom stereocenters. The first kappa shape index (κ1) is 19.7. The van der Waals surface area contributed by atoms with E-state index in [1.54, 1.807) is 12.1 Å². The van der Waals surface area contributed by atoms with Gasteiger partial charge in [0.05, 0.1) is 4.90 Å². The molecule has 0 aliphatic rings. The van der Waals surface area contributed by atoms with Crippen molar-refractivity contribution in [2.24, 2.45) is 0 Å². The van der Waals surface area contributed by atoms with Gasteiger partial charge < -0.3 is 10.1 Å². The SMILES string of the molecule is CCNCCOc1cccc(CCNS(=O)(=O)c2ccc(Cl)cc2)c1. The number of sulfonamides is 1. The first-order valence-corrected chi connectivity index (χ1v) is 10.0. The van der Waals surface area contributed by atoms with Crippen LogP contribution in [0.2, 0.25) is 5.02 Å². The number of hydrogen-bond donors (Lipinski definition) is 2. The molecule has 136 valence electrons. The fourth-order valence-corrected chi connectivity index (χ4v) is 3.39. The van der Waals surface area contributed by atoms with Crippen LogP contribution in [0.15, 0.2) is 53.4 Å². The molecule has 2 aromatic carbocycles. The maximum Gasteiger partial charge on any atom is 0.240 e. The van der Waals surface area contributed by atoms with E-state index in [-0.39, 0.29) is 4.90 Å². The number of hydrogen-bond acceptors (Lipinski definition) is 4. The summed E-state index contributed by atoms with van der Waals surface area (Å²) in [5.41, 5.74) is 1.01. The highest BCUT2D eigenvalue weighted by Crippen LogP contribution is 2.15. The smallest absolute Gasteiger partial charge is 0.240 e. The Morgan fingerprint density at radius 1 is 1.08 bits per heavy atom. The molecule has 0 saturated heterocycles. The van der Waals surface area contributed by atoms with E-state index < -0.39 is 10.0 Å². The summed E-state index contributed by atoms with van der Waals surface area (Å²) in [4.78, 5) is 0.206. The van der Waals surface area contributed by atoms with Gasteiger partial charge >= 0.3 is 0 Å². The van der Waals surface area contributed by atoms with E-state index in [2.05, 4.69) is 10.0 Å². The maximum atomic E-state index is 12.2. The zero-order chi connectivity index (χ0) is 18.1. The van der Waals surface area contributed by atoms with Crippen LogP contribution in [0.3, 0.4) is 0 Å². The van der Waals surface area contributed by atoms with E-state index in [9.17, 15) is 8.42 Å². The fraction of sp³-hybridized carbons (Fsp3) is 0.333. The van der Waals surface area contributed by atoms with E-state index in [1.165, 1.54) is 12.1 Å². The molecule has 0 aliphatic carbocycles. The number of rotatable bonds is 10. The van der Waals surface area contributed by atoms with Gasteiger partial charge in [0.2, 0.25) is 10.0 Å². The van der Waals surface area contributed by atoms with E-state index in [4.69, 9.17) is 16.3 Å². The zero-order valence-corrected chi connectivity index (χ0v) is 15.7. The van der Waals surface area contributed by atoms with Gasteiger partial charge in [-0.15, -0.1) is 0 Å². The second-order valence-electron chi connectivity index (χ2n) is 5.45. The van der Waals surface area contributed by atoms with Crippen LogP contribution in [0.25, 0.3) is 0 Å². The molecular weight excluding hydrogens is 360 g/mol. The van der Waals surface area contributed by atoms with Crippen LogP contribution in [-0.4, -0.2) is 34.7 Å². The molecule has 0 aromatic heterocycles. The lowest BCUT2D eigenvalue weighted by Crippen LogP contribution is -2.26. The molecule has 0 saturated carbocycles. The first-order chi connectivity index (χ1) is 12.0. The second-order valence-corrected chi connectivity index (χ2v) is 7.65. The molecule has 0 unspecified atom stereocenters. The van der Waals surface area contributed by atoms with Crippen molar-refractivity contribution < 1.29 is 13.2 Å². The quantitative estimate of drug-likeness (QED) is 0.620. The van der Waals surface area contributed by atoms with Crippen LogP contribution in [-0.2, 0) is 16.4 Å². The minimum Gasteiger partial charge on any atom is -0.492 e. The number of benzene rings is 2. The highest BCUT2D eigenvalue weighted by molar-refractivity contribution is 7.89. The molecule has 5 nitrogen and oxygen atoms in total. The molecule has 0 heterocycles. The number of ether oxygens (including phenoxy) is 1. The molecular formula is C18H23ClN2O3S. The molecule has 25 heavy (non-hydrogen) atoms. The summed E-state index contributed by atoms with van der Waals surface area (Å²) in [6.07, 6.45) is 0.581. The Morgan fingerprint density at radius 3 is 2.56 bits per heavy atom. The van der Waals surface area contributed by atoms with Crippen molar-refractivity contribution in [3.05, 3.63) is 59.1 Å². The van der Waals surface area contributed by atoms with Crippen molar-refractivity contribution >= 4 is 21.6 Å². The summed E-state index contributed by atoms with van der Waals surface area (Å²) in [6.45, 7) is 4.66. The molecule has 2 rings (SSSR count). The van der Waals surface area contributed by atoms with Gasteiger partial charge in [0.1, 0.15) is 12.4 Å². The minimum absolute atomic E-state index is 0.206. The summed E-state index contributed by atoms with van der Waals surface area (Å²) < 4.78 is 32.7. The third-order valence-electron chi connectivity index (χ3n) is 3.53. The van der Waals surface area contributed by atoms with Gasteiger partial charge in [0.25, 0.3) is 0 Å². The van der Waals surface area contributed by atoms with Crippen LogP contribution in [0.5, 0.6) is 5.75 Å².